The largest absolute Gasteiger partial charge is 0.622 e. The summed E-state index contributed by atoms with van der Waals surface area (Å²) < 4.78 is 11.3. The van der Waals surface area contributed by atoms with Gasteiger partial charge in [0.2, 0.25) is 5.91 Å². The van der Waals surface area contributed by atoms with Crippen molar-refractivity contribution in [2.75, 3.05) is 18.6 Å². The van der Waals surface area contributed by atoms with Crippen LogP contribution < -0.4 is 10.6 Å². The van der Waals surface area contributed by atoms with Gasteiger partial charge in [-0.1, -0.05) is 44.2 Å². The van der Waals surface area contributed by atoms with Crippen LogP contribution in [0.3, 0.4) is 0 Å². The van der Waals surface area contributed by atoms with Gasteiger partial charge in [0.15, 0.2) is 0 Å². The van der Waals surface area contributed by atoms with Crippen LogP contribution in [0.1, 0.15) is 36.3 Å². The van der Waals surface area contributed by atoms with Gasteiger partial charge in [0.1, 0.15) is 23.8 Å². The van der Waals surface area contributed by atoms with Crippen LogP contribution in [0.25, 0.3) is 0 Å². The molecule has 0 spiro atoms. The fraction of sp³-hybridized carbons (Fsp3) is 0.462. The lowest BCUT2D eigenvalue weighted by molar-refractivity contribution is -0.153. The summed E-state index contributed by atoms with van der Waals surface area (Å²) in [5, 5.41) is 5.64. The van der Waals surface area contributed by atoms with Gasteiger partial charge in [0.25, 0.3) is 5.91 Å². The summed E-state index contributed by atoms with van der Waals surface area (Å²) in [6.07, 6.45) is 4.72. The second-order valence-corrected chi connectivity index (χ2v) is 11.1. The van der Waals surface area contributed by atoms with Gasteiger partial charge in [-0.15, -0.1) is 0 Å². The first-order chi connectivity index (χ1) is 18.7. The smallest absolute Gasteiger partial charge is 0.497 e. The Morgan fingerprint density at radius 3 is 2.33 bits per heavy atom. The molecule has 4 rings (SSSR count). The number of nitrogens with one attached hydrogen (secondary N) is 2. The number of rotatable bonds is 9. The number of thioether (sulfide) groups is 1. The Morgan fingerprint density at radius 2 is 1.74 bits per heavy atom. The minimum atomic E-state index is -1.30. The normalized spacial score (nSPS) is 21.2. The zero-order chi connectivity index (χ0) is 27.9. The van der Waals surface area contributed by atoms with Gasteiger partial charge < -0.3 is 19.9 Å². The minimum absolute atomic E-state index is 0.0673. The minimum Gasteiger partial charge on any atom is -0.497 e. The zero-order valence-electron chi connectivity index (χ0n) is 22.1. The average molecular weight is 553 g/mol. The van der Waals surface area contributed by atoms with E-state index >= 15 is 0 Å². The Bertz CT molecular complexity index is 1150. The molecule has 2 aliphatic heterocycles. The number of carbonyl (C=O) groups excluding carboxylic acids is 4. The summed E-state index contributed by atoms with van der Waals surface area (Å²) in [6, 6.07) is 7.09. The SMILES string of the molecule is CC(C)CC(NC(=O)C(Cc1ccccc1)NC(=O)c1cnccn1)B1OC(=O)[C@H]2CSC[C@@H](C(=O)O1)N2C. The van der Waals surface area contributed by atoms with E-state index in [2.05, 4.69) is 20.6 Å². The second-order valence-electron chi connectivity index (χ2n) is 10.0. The monoisotopic (exact) mass is 553 g/mol. The van der Waals surface area contributed by atoms with Gasteiger partial charge in [-0.3, -0.25) is 29.1 Å². The van der Waals surface area contributed by atoms with Crippen LogP contribution in [0.15, 0.2) is 48.9 Å². The molecule has 4 atom stereocenters. The predicted octanol–water partition coefficient (Wildman–Crippen LogP) is 0.892. The van der Waals surface area contributed by atoms with Crippen molar-refractivity contribution < 1.29 is 28.5 Å². The summed E-state index contributed by atoms with van der Waals surface area (Å²) >= 11 is 1.50. The van der Waals surface area contributed by atoms with E-state index in [9.17, 15) is 19.2 Å². The number of fused-ring (bicyclic) bond motifs is 2. The van der Waals surface area contributed by atoms with Crippen molar-refractivity contribution in [1.29, 1.82) is 0 Å². The van der Waals surface area contributed by atoms with Crippen molar-refractivity contribution >= 4 is 42.6 Å². The molecule has 0 saturated carbocycles. The summed E-state index contributed by atoms with van der Waals surface area (Å²) in [5.74, 6) is -1.84. The molecule has 2 aromatic rings. The lowest BCUT2D eigenvalue weighted by atomic mass is 9.73. The first-order valence-electron chi connectivity index (χ1n) is 12.8. The fourth-order valence-electron chi connectivity index (χ4n) is 4.52. The third kappa shape index (κ3) is 7.36. The second kappa shape index (κ2) is 13.1. The molecular formula is C26H32BN5O6S. The van der Waals surface area contributed by atoms with Crippen molar-refractivity contribution in [1.82, 2.24) is 25.5 Å². The Kier molecular flexibility index (Phi) is 9.57. The topological polar surface area (TPSA) is 140 Å². The molecule has 0 aliphatic carbocycles. The molecule has 2 aliphatic rings. The summed E-state index contributed by atoms with van der Waals surface area (Å²) in [5.41, 5.74) is 0.896. The molecule has 2 saturated heterocycles. The molecule has 1 aromatic carbocycles. The van der Waals surface area contributed by atoms with E-state index in [1.165, 1.54) is 30.4 Å². The van der Waals surface area contributed by atoms with Crippen LogP contribution in [0.2, 0.25) is 0 Å². The standard InChI is InChI=1S/C26H32BN5O6S/c1-16(2)11-22(27-37-25(35)20-14-39-15-21(32(20)3)26(36)38-27)31-23(33)18(12-17-7-5-4-6-8-17)30-24(34)19-13-28-9-10-29-19/h4-10,13,16,18,20-22H,11-12,14-15H2,1-3H3,(H,30,34)(H,31,33)/t18?,20-,21+,22?. The highest BCUT2D eigenvalue weighted by molar-refractivity contribution is 7.99. The van der Waals surface area contributed by atoms with Gasteiger partial charge in [-0.2, -0.15) is 11.8 Å². The van der Waals surface area contributed by atoms with Crippen LogP contribution in [0.4, 0.5) is 0 Å². The number of hydrogen-bond acceptors (Lipinski definition) is 10. The fourth-order valence-corrected chi connectivity index (χ4v) is 5.85. The number of hydrogen-bond donors (Lipinski definition) is 2. The van der Waals surface area contributed by atoms with E-state index < -0.39 is 54.9 Å². The van der Waals surface area contributed by atoms with Crippen molar-refractivity contribution in [2.45, 2.75) is 50.8 Å². The molecule has 39 heavy (non-hydrogen) atoms. The van der Waals surface area contributed by atoms with Crippen molar-refractivity contribution in [2.24, 2.45) is 5.92 Å². The quantitative estimate of drug-likeness (QED) is 0.431. The van der Waals surface area contributed by atoms with Gasteiger partial charge in [0, 0.05) is 30.3 Å². The number of benzene rings is 1. The molecule has 1 aromatic heterocycles. The lowest BCUT2D eigenvalue weighted by Crippen LogP contribution is -2.63. The number of aromatic nitrogens is 2. The van der Waals surface area contributed by atoms with Gasteiger partial charge in [-0.25, -0.2) is 4.98 Å². The van der Waals surface area contributed by atoms with Gasteiger partial charge >= 0.3 is 19.1 Å². The molecule has 2 fully saturated rings. The first-order valence-corrected chi connectivity index (χ1v) is 14.0. The molecular weight excluding hydrogens is 521 g/mol. The third-order valence-corrected chi connectivity index (χ3v) is 7.73. The van der Waals surface area contributed by atoms with Crippen molar-refractivity contribution in [3.63, 3.8) is 0 Å². The van der Waals surface area contributed by atoms with E-state index in [1.54, 1.807) is 11.9 Å². The molecule has 2 amide bonds. The van der Waals surface area contributed by atoms with E-state index in [-0.39, 0.29) is 18.0 Å². The molecule has 0 radical (unpaired) electrons. The van der Waals surface area contributed by atoms with E-state index in [0.29, 0.717) is 17.9 Å². The Hall–Kier alpha value is -3.45. The highest BCUT2D eigenvalue weighted by Gasteiger charge is 2.48. The van der Waals surface area contributed by atoms with E-state index in [1.807, 2.05) is 44.2 Å². The molecule has 206 valence electrons. The predicted molar refractivity (Wildman–Crippen MR) is 145 cm³/mol. The zero-order valence-corrected chi connectivity index (χ0v) is 22.9. The van der Waals surface area contributed by atoms with Crippen LogP contribution in [0, 0.1) is 5.92 Å². The van der Waals surface area contributed by atoms with Crippen LogP contribution >= 0.6 is 11.8 Å². The lowest BCUT2D eigenvalue weighted by Gasteiger charge is -2.40. The molecule has 2 bridgehead atoms. The maximum atomic E-state index is 13.7. The van der Waals surface area contributed by atoms with Crippen LogP contribution in [-0.4, -0.2) is 88.4 Å². The summed E-state index contributed by atoms with van der Waals surface area (Å²) in [4.78, 5) is 62.2. The van der Waals surface area contributed by atoms with Gasteiger partial charge in [0.05, 0.1) is 12.1 Å². The Morgan fingerprint density at radius 1 is 1.08 bits per heavy atom. The van der Waals surface area contributed by atoms with E-state index in [0.717, 1.165) is 5.56 Å². The van der Waals surface area contributed by atoms with Crippen molar-refractivity contribution in [3.05, 3.63) is 60.2 Å². The maximum Gasteiger partial charge on any atom is 0.622 e. The molecule has 2 N–H and O–H groups in total. The van der Waals surface area contributed by atoms with Crippen LogP contribution in [0.5, 0.6) is 0 Å². The summed E-state index contributed by atoms with van der Waals surface area (Å²) in [6.45, 7) is 3.89. The third-order valence-electron chi connectivity index (χ3n) is 6.63. The number of likely N-dealkylation sites (N-methyl/N-ethyl adjacent to an activating group) is 1. The summed E-state index contributed by atoms with van der Waals surface area (Å²) in [7, 11) is 0.408. The maximum absolute atomic E-state index is 13.7. The number of carbonyl (C=O) groups is 4. The Balaban J connectivity index is 1.56. The van der Waals surface area contributed by atoms with E-state index in [4.69, 9.17) is 9.31 Å². The number of amides is 2. The highest BCUT2D eigenvalue weighted by atomic mass is 32.2. The van der Waals surface area contributed by atoms with Crippen molar-refractivity contribution in [3.8, 4) is 0 Å². The van der Waals surface area contributed by atoms with Gasteiger partial charge in [-0.05, 0) is 24.9 Å². The molecule has 13 heteroatoms. The molecule has 11 nitrogen and oxygen atoms in total. The van der Waals surface area contributed by atoms with Crippen LogP contribution in [-0.2, 0) is 30.1 Å². The number of nitrogens with zero attached hydrogens (tertiary/aromatic N) is 3. The first kappa shape index (κ1) is 28.6. The molecule has 2 unspecified atom stereocenters. The highest BCUT2D eigenvalue weighted by Crippen LogP contribution is 2.26. The molecule has 3 heterocycles. The average Bonchev–Trinajstić information content (AvgIpc) is 2.92. The Labute approximate surface area is 232 Å².